The van der Waals surface area contributed by atoms with Gasteiger partial charge in [0.2, 0.25) is 5.69 Å². The molecule has 2 heterocycles. The zero-order valence-corrected chi connectivity index (χ0v) is 48.5. The number of carboxylic acids is 1. The van der Waals surface area contributed by atoms with Crippen molar-refractivity contribution >= 4 is 95.2 Å². The van der Waals surface area contributed by atoms with Crippen molar-refractivity contribution in [2.24, 2.45) is 0 Å². The number of carboxylic acid groups (broad SMARTS) is 1. The van der Waals surface area contributed by atoms with Gasteiger partial charge in [0, 0.05) is 78.4 Å². The third-order valence-electron chi connectivity index (χ3n) is 14.1. The normalized spacial score (nSPS) is 18.6. The smallest absolute Gasteiger partial charge is 0.303 e. The zero-order chi connectivity index (χ0) is 59.1. The second-order valence-corrected chi connectivity index (χ2v) is 26.7. The molecule has 442 valence electrons. The van der Waals surface area contributed by atoms with Gasteiger partial charge in [0.15, 0.2) is 5.71 Å². The van der Waals surface area contributed by atoms with Crippen LogP contribution in [0.4, 0.5) is 11.4 Å². The van der Waals surface area contributed by atoms with Crippen molar-refractivity contribution < 1.29 is 103 Å². The first-order valence-electron chi connectivity index (χ1n) is 25.3. The summed E-state index contributed by atoms with van der Waals surface area (Å²) < 4.78 is 208. The summed E-state index contributed by atoms with van der Waals surface area (Å²) in [7, 11) is -23.5. The van der Waals surface area contributed by atoms with Crippen LogP contribution in [0.15, 0.2) is 92.0 Å². The number of rotatable bonds is 32. The molecule has 0 aliphatic carbocycles. The van der Waals surface area contributed by atoms with Gasteiger partial charge in [-0.3, -0.25) is 27.6 Å². The number of nitrogens with zero attached hydrogens (tertiary/aromatic N) is 2. The Hall–Kier alpha value is -4.83. The number of unbranched alkanes of at least 4 members (excludes halogenated alkanes) is 2. The van der Waals surface area contributed by atoms with E-state index in [1.54, 1.807) is 38.3 Å². The Morgan fingerprint density at radius 1 is 0.600 bits per heavy atom. The molecule has 2 unspecified atom stereocenters. The molecule has 0 spiro atoms. The van der Waals surface area contributed by atoms with E-state index in [2.05, 4.69) is 0 Å². The third-order valence-corrected chi connectivity index (χ3v) is 18.4. The van der Waals surface area contributed by atoms with Crippen molar-refractivity contribution in [2.75, 3.05) is 90.3 Å². The van der Waals surface area contributed by atoms with E-state index in [9.17, 15) is 74.8 Å². The molecule has 4 aromatic carbocycles. The average Bonchev–Trinajstić information content (AvgIpc) is 3.75. The number of hydrogen-bond acceptors (Lipinski definition) is 17. The molecular formula is C51H67N2O22S5+. The summed E-state index contributed by atoms with van der Waals surface area (Å²) in [5.41, 5.74) is -0.0654. The number of anilines is 1. The Morgan fingerprint density at radius 2 is 1.11 bits per heavy atom. The number of aliphatic carboxylic acids is 1. The van der Waals surface area contributed by atoms with Gasteiger partial charge in [-0.05, 0) is 112 Å². The number of methoxy groups -OCH3 is 1. The van der Waals surface area contributed by atoms with Crippen LogP contribution in [0.3, 0.4) is 0 Å². The predicted octanol–water partition coefficient (Wildman–Crippen LogP) is 5.99. The second kappa shape index (κ2) is 26.2. The fourth-order valence-corrected chi connectivity index (χ4v) is 13.7. The topological polar surface area (TPSA) is 362 Å². The molecule has 6 N–H and O–H groups in total. The minimum atomic E-state index is -5.17. The summed E-state index contributed by atoms with van der Waals surface area (Å²) in [5.74, 6) is -1.74. The second-order valence-electron chi connectivity index (χ2n) is 19.5. The quantitative estimate of drug-likeness (QED) is 0.0186. The Labute approximate surface area is 465 Å². The molecule has 2 aliphatic rings. The van der Waals surface area contributed by atoms with E-state index in [4.69, 9.17) is 23.7 Å². The Kier molecular flexibility index (Phi) is 21.1. The van der Waals surface area contributed by atoms with E-state index in [-0.39, 0.29) is 92.3 Å². The molecule has 6 rings (SSSR count). The Bertz CT molecular complexity index is 3660. The summed E-state index contributed by atoms with van der Waals surface area (Å²) in [6.07, 6.45) is 5.89. The minimum Gasteiger partial charge on any atom is -0.481 e. The van der Waals surface area contributed by atoms with Gasteiger partial charge in [-0.2, -0.15) is 46.7 Å². The lowest BCUT2D eigenvalue weighted by molar-refractivity contribution is -0.438. The molecule has 80 heavy (non-hydrogen) atoms. The summed E-state index contributed by atoms with van der Waals surface area (Å²) in [5, 5.41) is 9.17. The highest BCUT2D eigenvalue weighted by Gasteiger charge is 2.50. The van der Waals surface area contributed by atoms with Crippen LogP contribution in [-0.4, -0.2) is 172 Å². The van der Waals surface area contributed by atoms with Crippen LogP contribution in [-0.2, 0) is 89.9 Å². The zero-order valence-electron chi connectivity index (χ0n) is 44.4. The van der Waals surface area contributed by atoms with Gasteiger partial charge in [-0.25, -0.2) is 0 Å². The monoisotopic (exact) mass is 1220 g/mol. The van der Waals surface area contributed by atoms with Gasteiger partial charge < -0.3 is 33.7 Å². The highest BCUT2D eigenvalue weighted by molar-refractivity contribution is 7.87. The minimum absolute atomic E-state index is 0.0467. The van der Waals surface area contributed by atoms with Crippen LogP contribution >= 0.6 is 0 Å². The molecule has 24 nitrogen and oxygen atoms in total. The van der Waals surface area contributed by atoms with E-state index in [1.165, 1.54) is 18.2 Å². The predicted molar refractivity (Wildman–Crippen MR) is 293 cm³/mol. The van der Waals surface area contributed by atoms with Crippen molar-refractivity contribution in [3.05, 3.63) is 83.6 Å². The van der Waals surface area contributed by atoms with Crippen molar-refractivity contribution in [3.63, 3.8) is 0 Å². The molecule has 0 saturated carbocycles. The molecule has 0 amide bonds. The average molecular weight is 1220 g/mol. The van der Waals surface area contributed by atoms with E-state index >= 15 is 0 Å². The maximum atomic E-state index is 12.9. The number of fused-ring (bicyclic) bond motifs is 6. The molecule has 0 aromatic heterocycles. The summed E-state index contributed by atoms with van der Waals surface area (Å²) in [6, 6.07) is 9.32. The van der Waals surface area contributed by atoms with Crippen LogP contribution < -0.4 is 4.90 Å². The number of benzene rings is 4. The van der Waals surface area contributed by atoms with Gasteiger partial charge in [0.05, 0.1) is 73.8 Å². The Balaban J connectivity index is 1.51. The highest BCUT2D eigenvalue weighted by atomic mass is 32.2. The van der Waals surface area contributed by atoms with Crippen LogP contribution in [0.1, 0.15) is 76.8 Å². The summed E-state index contributed by atoms with van der Waals surface area (Å²) in [6.45, 7) is 8.30. The molecule has 0 radical (unpaired) electrons. The number of ether oxygens (including phenoxy) is 5. The van der Waals surface area contributed by atoms with Crippen LogP contribution in [0, 0.1) is 0 Å². The fourth-order valence-electron chi connectivity index (χ4n) is 10.6. The molecule has 0 bridgehead atoms. The summed E-state index contributed by atoms with van der Waals surface area (Å²) >= 11 is 0. The standard InChI is InChI=1S/C51H66N2O22S5/c1-5-52-41-16-14-37-39(31-35(77(59,60)61)33-43(37)79(65,66)67)48(41)51(3,19-21-72-24-25-74-28-29-75-27-26-73-23-22-71-4)45(52)11-9-12-46-50(2,18-10-30-76(56,57)58)49-40-32-36(78(62,63)64)34-44(80(68,69)70)38(40)15-17-42(49)53(46)20-8-6-7-13-47(54)55/h9,11-12,14-17,31-34H,5-8,10,13,18-30H2,1-4H3,(H5-,54,55,56,57,58,59,60,61,62,63,64,65,66,67,68,69,70)/p+1. The van der Waals surface area contributed by atoms with Gasteiger partial charge in [-0.15, -0.1) is 0 Å². The van der Waals surface area contributed by atoms with Crippen LogP contribution in [0.5, 0.6) is 0 Å². The first-order chi connectivity index (χ1) is 37.4. The lowest BCUT2D eigenvalue weighted by atomic mass is 9.74. The van der Waals surface area contributed by atoms with Crippen molar-refractivity contribution in [1.29, 1.82) is 0 Å². The van der Waals surface area contributed by atoms with E-state index in [0.29, 0.717) is 92.8 Å². The van der Waals surface area contributed by atoms with Gasteiger partial charge in [0.25, 0.3) is 50.6 Å². The summed E-state index contributed by atoms with van der Waals surface area (Å²) in [4.78, 5) is 10.0. The van der Waals surface area contributed by atoms with Gasteiger partial charge >= 0.3 is 5.97 Å². The van der Waals surface area contributed by atoms with Crippen molar-refractivity contribution in [1.82, 2.24) is 0 Å². The number of allylic oxidation sites excluding steroid dienone is 4. The SMILES string of the molecule is CCN1C(=CC=CC2=[N+](CCCCCC(=O)O)c3ccc4c(S(=O)(=O)O)cc(S(=O)(=O)O)cc4c3C2(C)CCCS(=O)(=O)O)C(C)(CCOCCOCCOCCOCCOC)c2c1ccc1c(S(=O)(=O)O)cc(S(=O)(=O)O)cc21. The Morgan fingerprint density at radius 3 is 1.60 bits per heavy atom. The molecule has 0 saturated heterocycles. The van der Waals surface area contributed by atoms with E-state index in [0.717, 1.165) is 12.1 Å². The molecule has 2 aliphatic heterocycles. The molecule has 0 fully saturated rings. The lowest BCUT2D eigenvalue weighted by Crippen LogP contribution is -2.32. The first kappa shape index (κ1) is 64.3. The van der Waals surface area contributed by atoms with Crippen LogP contribution in [0.25, 0.3) is 21.5 Å². The third kappa shape index (κ3) is 15.2. The molecule has 4 aromatic rings. The van der Waals surface area contributed by atoms with Crippen LogP contribution in [0.2, 0.25) is 0 Å². The van der Waals surface area contributed by atoms with E-state index < -0.39 is 92.7 Å². The van der Waals surface area contributed by atoms with E-state index in [1.807, 2.05) is 23.3 Å². The number of likely N-dealkylation sites (N-methyl/N-ethyl adjacent to an activating group) is 1. The molecular weight excluding hydrogens is 1150 g/mol. The number of hydrogen-bond donors (Lipinski definition) is 6. The first-order valence-corrected chi connectivity index (χ1v) is 32.7. The maximum absolute atomic E-state index is 12.9. The molecule has 29 heteroatoms. The molecule has 2 atom stereocenters. The largest absolute Gasteiger partial charge is 0.481 e. The van der Waals surface area contributed by atoms with Crippen molar-refractivity contribution in [3.8, 4) is 0 Å². The van der Waals surface area contributed by atoms with Gasteiger partial charge in [0.1, 0.15) is 16.3 Å². The lowest BCUT2D eigenvalue weighted by Gasteiger charge is -2.30. The fraction of sp³-hybridized carbons (Fsp3) is 0.490. The van der Waals surface area contributed by atoms with Crippen molar-refractivity contribution in [2.45, 2.75) is 96.1 Å². The maximum Gasteiger partial charge on any atom is 0.303 e. The highest BCUT2D eigenvalue weighted by Crippen LogP contribution is 2.54. The number of carbonyl (C=O) groups is 1. The van der Waals surface area contributed by atoms with Gasteiger partial charge in [-0.1, -0.05) is 12.1 Å².